The van der Waals surface area contributed by atoms with Crippen LogP contribution in [0.2, 0.25) is 0 Å². The fourth-order valence-corrected chi connectivity index (χ4v) is 1.83. The molecule has 1 aliphatic rings. The fourth-order valence-electron chi connectivity index (χ4n) is 1.83. The van der Waals surface area contributed by atoms with Gasteiger partial charge in [0.05, 0.1) is 0 Å². The van der Waals surface area contributed by atoms with Gasteiger partial charge in [0, 0.05) is 12.8 Å². The fraction of sp³-hybridized carbons (Fsp3) is 0.667. The van der Waals surface area contributed by atoms with Gasteiger partial charge in [-0.05, 0) is 30.4 Å². The van der Waals surface area contributed by atoms with Gasteiger partial charge in [-0.1, -0.05) is 13.8 Å². The molecule has 84 valence electrons. The molecule has 1 aliphatic carbocycles. The first-order valence-corrected chi connectivity index (χ1v) is 5.37. The molecular weight excluding hydrogens is 192 g/mol. The topological polar surface area (TPSA) is 43.4 Å². The Hall–Kier alpha value is -1.12. The van der Waals surface area contributed by atoms with Crippen molar-refractivity contribution in [3.8, 4) is 0 Å². The predicted molar refractivity (Wildman–Crippen MR) is 57.3 cm³/mol. The third kappa shape index (κ3) is 3.50. The van der Waals surface area contributed by atoms with Crippen molar-refractivity contribution in [1.29, 1.82) is 0 Å². The maximum absolute atomic E-state index is 11.7. The van der Waals surface area contributed by atoms with Crippen molar-refractivity contribution >= 4 is 11.8 Å². The van der Waals surface area contributed by atoms with Gasteiger partial charge in [0.15, 0.2) is 5.78 Å². The Morgan fingerprint density at radius 2 is 2.27 bits per heavy atom. The van der Waals surface area contributed by atoms with Crippen LogP contribution in [0.15, 0.2) is 11.6 Å². The van der Waals surface area contributed by atoms with Crippen molar-refractivity contribution in [2.45, 2.75) is 33.6 Å². The lowest BCUT2D eigenvalue weighted by Gasteiger charge is -2.23. The molecule has 0 unspecified atom stereocenters. The van der Waals surface area contributed by atoms with Gasteiger partial charge in [0.1, 0.15) is 6.61 Å². The SMILES string of the molecule is CC(=O)OCC1=CC(=O)[C@H](C(C)C)CC1. The molecule has 0 heterocycles. The molecule has 0 saturated heterocycles. The minimum absolute atomic E-state index is 0.145. The number of ketones is 1. The Balaban J connectivity index is 2.54. The first-order valence-electron chi connectivity index (χ1n) is 5.37. The van der Waals surface area contributed by atoms with Crippen LogP contribution in [0.25, 0.3) is 0 Å². The van der Waals surface area contributed by atoms with E-state index in [2.05, 4.69) is 13.8 Å². The number of hydrogen-bond acceptors (Lipinski definition) is 3. The first-order chi connectivity index (χ1) is 7.00. The molecular formula is C12H18O3. The molecule has 3 heteroatoms. The lowest BCUT2D eigenvalue weighted by molar-refractivity contribution is -0.140. The molecule has 15 heavy (non-hydrogen) atoms. The normalized spacial score (nSPS) is 21.5. The number of esters is 1. The largest absolute Gasteiger partial charge is 0.461 e. The molecule has 0 N–H and O–H groups in total. The van der Waals surface area contributed by atoms with Crippen molar-refractivity contribution in [3.05, 3.63) is 11.6 Å². The van der Waals surface area contributed by atoms with Gasteiger partial charge in [0.2, 0.25) is 0 Å². The number of carbonyl (C=O) groups excluding carboxylic acids is 2. The quantitative estimate of drug-likeness (QED) is 0.670. The second-order valence-corrected chi connectivity index (χ2v) is 4.37. The van der Waals surface area contributed by atoms with E-state index in [1.165, 1.54) is 6.92 Å². The molecule has 0 aromatic heterocycles. The predicted octanol–water partition coefficient (Wildman–Crippen LogP) is 2.11. The summed E-state index contributed by atoms with van der Waals surface area (Å²) >= 11 is 0. The van der Waals surface area contributed by atoms with E-state index in [0.717, 1.165) is 18.4 Å². The molecule has 0 spiro atoms. The van der Waals surface area contributed by atoms with E-state index >= 15 is 0 Å². The lowest BCUT2D eigenvalue weighted by atomic mass is 9.81. The highest BCUT2D eigenvalue weighted by molar-refractivity contribution is 5.93. The summed E-state index contributed by atoms with van der Waals surface area (Å²) in [6.45, 7) is 5.77. The summed E-state index contributed by atoms with van der Waals surface area (Å²) in [5.41, 5.74) is 0.937. The van der Waals surface area contributed by atoms with Crippen molar-refractivity contribution in [1.82, 2.24) is 0 Å². The summed E-state index contributed by atoms with van der Waals surface area (Å²) in [6, 6.07) is 0. The van der Waals surface area contributed by atoms with Crippen LogP contribution in [0.1, 0.15) is 33.6 Å². The monoisotopic (exact) mass is 210 g/mol. The minimum Gasteiger partial charge on any atom is -0.461 e. The summed E-state index contributed by atoms with van der Waals surface area (Å²) in [6.07, 6.45) is 3.39. The number of rotatable bonds is 3. The summed E-state index contributed by atoms with van der Waals surface area (Å²) in [5.74, 6) is 0.419. The van der Waals surface area contributed by atoms with Crippen molar-refractivity contribution in [3.63, 3.8) is 0 Å². The van der Waals surface area contributed by atoms with E-state index in [4.69, 9.17) is 4.74 Å². The Bertz CT molecular complexity index is 289. The van der Waals surface area contributed by atoms with Gasteiger partial charge >= 0.3 is 5.97 Å². The molecule has 1 rings (SSSR count). The van der Waals surface area contributed by atoms with Crippen LogP contribution in [0, 0.1) is 11.8 Å². The molecule has 0 radical (unpaired) electrons. The van der Waals surface area contributed by atoms with Gasteiger partial charge in [-0.2, -0.15) is 0 Å². The number of carbonyl (C=O) groups is 2. The number of allylic oxidation sites excluding steroid dienone is 1. The molecule has 0 bridgehead atoms. The Morgan fingerprint density at radius 3 is 2.73 bits per heavy atom. The molecule has 0 fully saturated rings. The van der Waals surface area contributed by atoms with Crippen LogP contribution in [0.3, 0.4) is 0 Å². The van der Waals surface area contributed by atoms with Gasteiger partial charge in [-0.15, -0.1) is 0 Å². The van der Waals surface area contributed by atoms with Gasteiger partial charge in [-0.3, -0.25) is 9.59 Å². The molecule has 0 amide bonds. The number of ether oxygens (including phenoxy) is 1. The van der Waals surface area contributed by atoms with E-state index in [-0.39, 0.29) is 24.3 Å². The van der Waals surface area contributed by atoms with Crippen LogP contribution in [-0.4, -0.2) is 18.4 Å². The Kier molecular flexibility index (Phi) is 4.06. The summed E-state index contributed by atoms with van der Waals surface area (Å²) in [4.78, 5) is 22.3. The zero-order valence-corrected chi connectivity index (χ0v) is 9.58. The second-order valence-electron chi connectivity index (χ2n) is 4.37. The van der Waals surface area contributed by atoms with E-state index in [0.29, 0.717) is 5.92 Å². The van der Waals surface area contributed by atoms with Crippen molar-refractivity contribution in [2.24, 2.45) is 11.8 Å². The minimum atomic E-state index is -0.297. The van der Waals surface area contributed by atoms with Gasteiger partial charge in [-0.25, -0.2) is 0 Å². The first kappa shape index (κ1) is 12.0. The van der Waals surface area contributed by atoms with Crippen LogP contribution in [-0.2, 0) is 14.3 Å². The standard InChI is InChI=1S/C12H18O3/c1-8(2)11-5-4-10(6-12(11)14)7-15-9(3)13/h6,8,11H,4-5,7H2,1-3H3/t11-/m0/s1. The molecule has 0 saturated carbocycles. The van der Waals surface area contributed by atoms with Crippen molar-refractivity contribution < 1.29 is 14.3 Å². The van der Waals surface area contributed by atoms with Crippen LogP contribution in [0.5, 0.6) is 0 Å². The van der Waals surface area contributed by atoms with Gasteiger partial charge in [0.25, 0.3) is 0 Å². The maximum atomic E-state index is 11.7. The van der Waals surface area contributed by atoms with E-state index in [1.54, 1.807) is 6.08 Å². The zero-order chi connectivity index (χ0) is 11.4. The molecule has 0 aliphatic heterocycles. The average molecular weight is 210 g/mol. The smallest absolute Gasteiger partial charge is 0.302 e. The van der Waals surface area contributed by atoms with E-state index in [9.17, 15) is 9.59 Å². The lowest BCUT2D eigenvalue weighted by Crippen LogP contribution is -2.23. The van der Waals surface area contributed by atoms with Crippen molar-refractivity contribution in [2.75, 3.05) is 6.61 Å². The molecule has 0 aromatic carbocycles. The summed E-state index contributed by atoms with van der Waals surface area (Å²) in [7, 11) is 0. The second kappa shape index (κ2) is 5.10. The highest BCUT2D eigenvalue weighted by Crippen LogP contribution is 2.26. The summed E-state index contributed by atoms with van der Waals surface area (Å²) < 4.78 is 4.87. The van der Waals surface area contributed by atoms with Crippen LogP contribution in [0.4, 0.5) is 0 Å². The number of hydrogen-bond donors (Lipinski definition) is 0. The van der Waals surface area contributed by atoms with Gasteiger partial charge < -0.3 is 4.74 Å². The Labute approximate surface area is 90.5 Å². The Morgan fingerprint density at radius 1 is 1.60 bits per heavy atom. The van der Waals surface area contributed by atoms with E-state index in [1.807, 2.05) is 0 Å². The zero-order valence-electron chi connectivity index (χ0n) is 9.58. The molecule has 3 nitrogen and oxygen atoms in total. The maximum Gasteiger partial charge on any atom is 0.302 e. The third-order valence-corrected chi connectivity index (χ3v) is 2.75. The van der Waals surface area contributed by atoms with Crippen LogP contribution < -0.4 is 0 Å². The highest BCUT2D eigenvalue weighted by Gasteiger charge is 2.25. The summed E-state index contributed by atoms with van der Waals surface area (Å²) in [5, 5.41) is 0. The molecule has 0 aromatic rings. The molecule has 1 atom stereocenters. The van der Waals surface area contributed by atoms with E-state index < -0.39 is 0 Å². The average Bonchev–Trinajstić information content (AvgIpc) is 2.14. The third-order valence-electron chi connectivity index (χ3n) is 2.75. The van der Waals surface area contributed by atoms with Crippen LogP contribution >= 0.6 is 0 Å². The highest BCUT2D eigenvalue weighted by atomic mass is 16.5.